The second kappa shape index (κ2) is 8.13. The number of rotatable bonds is 7. The molecule has 0 aromatic heterocycles. The summed E-state index contributed by atoms with van der Waals surface area (Å²) in [6.07, 6.45) is -0.198. The molecule has 122 valence electrons. The molecule has 23 heavy (non-hydrogen) atoms. The van der Waals surface area contributed by atoms with E-state index in [1.54, 1.807) is 19.1 Å². The first kappa shape index (κ1) is 17.5. The fourth-order valence-corrected chi connectivity index (χ4v) is 2.79. The highest BCUT2D eigenvalue weighted by Gasteiger charge is 2.19. The van der Waals surface area contributed by atoms with E-state index < -0.39 is 12.2 Å². The number of hydrogen-bond acceptors (Lipinski definition) is 4. The van der Waals surface area contributed by atoms with Gasteiger partial charge < -0.3 is 19.4 Å². The van der Waals surface area contributed by atoms with Crippen LogP contribution in [-0.4, -0.2) is 17.5 Å². The van der Waals surface area contributed by atoms with Gasteiger partial charge >= 0.3 is 0 Å². The van der Waals surface area contributed by atoms with E-state index in [0.29, 0.717) is 22.4 Å². The highest BCUT2D eigenvalue weighted by Crippen LogP contribution is 2.38. The first-order valence-corrected chi connectivity index (χ1v) is 8.10. The molecule has 0 radical (unpaired) electrons. The van der Waals surface area contributed by atoms with E-state index in [-0.39, 0.29) is 5.75 Å². The Morgan fingerprint density at radius 1 is 1.22 bits per heavy atom. The summed E-state index contributed by atoms with van der Waals surface area (Å²) in [5.41, 5.74) is 1.72. The summed E-state index contributed by atoms with van der Waals surface area (Å²) in [6.45, 7) is 3.88. The van der Waals surface area contributed by atoms with Gasteiger partial charge in [0, 0.05) is 5.56 Å². The molecule has 0 saturated heterocycles. The lowest BCUT2D eigenvalue weighted by molar-refractivity contribution is -0.120. The summed E-state index contributed by atoms with van der Waals surface area (Å²) in [7, 11) is 0. The minimum Gasteiger partial charge on any atom is -0.508 e. The maximum Gasteiger partial charge on any atom is 0.148 e. The number of carbonyl (C=O) groups excluding carboxylic acids is 1. The van der Waals surface area contributed by atoms with Gasteiger partial charge in [-0.2, -0.15) is 0 Å². The molecule has 0 saturated carbocycles. The van der Waals surface area contributed by atoms with Crippen molar-refractivity contribution in [3.05, 3.63) is 58.1 Å². The number of aldehydes is 1. The van der Waals surface area contributed by atoms with Crippen molar-refractivity contribution in [3.8, 4) is 11.5 Å². The minimum atomic E-state index is -0.534. The molecule has 0 aliphatic rings. The lowest BCUT2D eigenvalue weighted by Crippen LogP contribution is -2.13. The Kier molecular flexibility index (Phi) is 6.19. The Labute approximate surface area is 144 Å². The van der Waals surface area contributed by atoms with Crippen molar-refractivity contribution in [3.63, 3.8) is 0 Å². The van der Waals surface area contributed by atoms with Crippen LogP contribution in [0, 0.1) is 0 Å². The summed E-state index contributed by atoms with van der Waals surface area (Å²) in [5, 5.41) is 9.83. The molecule has 0 fully saturated rings. The van der Waals surface area contributed by atoms with E-state index in [0.717, 1.165) is 11.8 Å². The van der Waals surface area contributed by atoms with E-state index >= 15 is 0 Å². The van der Waals surface area contributed by atoms with Crippen molar-refractivity contribution in [2.24, 2.45) is 0 Å². The van der Waals surface area contributed by atoms with Crippen LogP contribution in [0.5, 0.6) is 11.5 Å². The van der Waals surface area contributed by atoms with Crippen LogP contribution in [0.15, 0.2) is 46.9 Å². The fraction of sp³-hybridized carbons (Fsp3) is 0.278. The Morgan fingerprint density at radius 2 is 1.91 bits per heavy atom. The molecular formula is C18H19BrO4. The number of halogens is 1. The quantitative estimate of drug-likeness (QED) is 0.725. The van der Waals surface area contributed by atoms with E-state index in [1.807, 2.05) is 37.3 Å². The lowest BCUT2D eigenvalue weighted by Gasteiger charge is -2.20. The molecule has 5 heteroatoms. The van der Waals surface area contributed by atoms with Crippen LogP contribution in [0.4, 0.5) is 0 Å². The lowest BCUT2D eigenvalue weighted by atomic mass is 10.1. The number of phenolic OH excluding ortho intramolecular Hbond substituents is 1. The van der Waals surface area contributed by atoms with E-state index in [4.69, 9.17) is 9.47 Å². The predicted octanol–water partition coefficient (Wildman–Crippen LogP) is 4.40. The Bertz CT molecular complexity index is 658. The molecule has 2 rings (SSSR count). The monoisotopic (exact) mass is 378 g/mol. The van der Waals surface area contributed by atoms with Gasteiger partial charge in [-0.05, 0) is 47.5 Å². The molecule has 1 N–H and O–H groups in total. The van der Waals surface area contributed by atoms with Crippen LogP contribution in [-0.2, 0) is 16.1 Å². The highest BCUT2D eigenvalue weighted by molar-refractivity contribution is 9.10. The number of carbonyl (C=O) groups is 1. The summed E-state index contributed by atoms with van der Waals surface area (Å²) >= 11 is 3.41. The van der Waals surface area contributed by atoms with Crippen molar-refractivity contribution in [2.45, 2.75) is 32.7 Å². The first-order chi connectivity index (χ1) is 11.0. The molecule has 4 nitrogen and oxygen atoms in total. The largest absolute Gasteiger partial charge is 0.508 e. The Hall–Kier alpha value is -1.85. The van der Waals surface area contributed by atoms with Gasteiger partial charge in [-0.15, -0.1) is 0 Å². The van der Waals surface area contributed by atoms with Crippen molar-refractivity contribution >= 4 is 22.2 Å². The first-order valence-electron chi connectivity index (χ1n) is 7.31. The van der Waals surface area contributed by atoms with Gasteiger partial charge in [0.25, 0.3) is 0 Å². The number of ether oxygens (including phenoxy) is 2. The molecule has 2 atom stereocenters. The smallest absolute Gasteiger partial charge is 0.148 e. The topological polar surface area (TPSA) is 55.8 Å². The molecular weight excluding hydrogens is 360 g/mol. The highest BCUT2D eigenvalue weighted by atomic mass is 79.9. The summed E-state index contributed by atoms with van der Waals surface area (Å²) in [6, 6.07) is 13.0. The second-order valence-electron chi connectivity index (χ2n) is 5.24. The SMILES string of the molecule is C[C@@H](C=O)O[C@H](C)c1cc(O)cc(Br)c1OCc1ccccc1. The second-order valence-corrected chi connectivity index (χ2v) is 6.09. The average Bonchev–Trinajstić information content (AvgIpc) is 2.54. The van der Waals surface area contributed by atoms with Crippen LogP contribution >= 0.6 is 15.9 Å². The van der Waals surface area contributed by atoms with Gasteiger partial charge in [-0.1, -0.05) is 30.3 Å². The number of aromatic hydroxyl groups is 1. The molecule has 0 spiro atoms. The molecule has 0 amide bonds. The van der Waals surface area contributed by atoms with Gasteiger partial charge in [-0.3, -0.25) is 0 Å². The molecule has 0 aliphatic carbocycles. The summed E-state index contributed by atoms with van der Waals surface area (Å²) < 4.78 is 12.2. The fourth-order valence-electron chi connectivity index (χ4n) is 2.21. The third kappa shape index (κ3) is 4.81. The Morgan fingerprint density at radius 3 is 2.57 bits per heavy atom. The van der Waals surface area contributed by atoms with E-state index in [1.165, 1.54) is 0 Å². The molecule has 0 aliphatic heterocycles. The number of hydrogen-bond donors (Lipinski definition) is 1. The zero-order valence-corrected chi connectivity index (χ0v) is 14.6. The molecule has 0 bridgehead atoms. The third-order valence-corrected chi connectivity index (χ3v) is 3.92. The van der Waals surface area contributed by atoms with Gasteiger partial charge in [0.2, 0.25) is 0 Å². The Balaban J connectivity index is 2.24. The molecule has 2 aromatic carbocycles. The van der Waals surface area contributed by atoms with Crippen LogP contribution in [0.1, 0.15) is 31.1 Å². The number of phenols is 1. The third-order valence-electron chi connectivity index (χ3n) is 3.33. The zero-order valence-electron chi connectivity index (χ0n) is 13.0. The normalized spacial score (nSPS) is 13.3. The molecule has 0 unspecified atom stereocenters. The predicted molar refractivity (Wildman–Crippen MR) is 91.6 cm³/mol. The standard InChI is InChI=1S/C18H19BrO4/c1-12(10-20)23-13(2)16-8-15(21)9-17(19)18(16)22-11-14-6-4-3-5-7-14/h3-10,12-13,21H,11H2,1-2H3/t12-,13+/m0/s1. The maximum atomic E-state index is 10.8. The van der Waals surface area contributed by atoms with E-state index in [9.17, 15) is 9.90 Å². The minimum absolute atomic E-state index is 0.105. The van der Waals surface area contributed by atoms with Gasteiger partial charge in [0.05, 0.1) is 10.6 Å². The van der Waals surface area contributed by atoms with Gasteiger partial charge in [0.15, 0.2) is 0 Å². The summed E-state index contributed by atoms with van der Waals surface area (Å²) in [4.78, 5) is 10.8. The van der Waals surface area contributed by atoms with Crippen LogP contribution in [0.2, 0.25) is 0 Å². The maximum absolute atomic E-state index is 10.8. The molecule has 2 aromatic rings. The van der Waals surface area contributed by atoms with Crippen molar-refractivity contribution in [1.29, 1.82) is 0 Å². The van der Waals surface area contributed by atoms with Gasteiger partial charge in [-0.25, -0.2) is 0 Å². The summed E-state index contributed by atoms with van der Waals surface area (Å²) in [5.74, 6) is 0.699. The number of benzene rings is 2. The molecule has 0 heterocycles. The van der Waals surface area contributed by atoms with Crippen molar-refractivity contribution < 1.29 is 19.4 Å². The van der Waals surface area contributed by atoms with Crippen LogP contribution < -0.4 is 4.74 Å². The van der Waals surface area contributed by atoms with E-state index in [2.05, 4.69) is 15.9 Å². The van der Waals surface area contributed by atoms with Gasteiger partial charge in [0.1, 0.15) is 30.5 Å². The zero-order chi connectivity index (χ0) is 16.8. The average molecular weight is 379 g/mol. The van der Waals surface area contributed by atoms with Crippen molar-refractivity contribution in [1.82, 2.24) is 0 Å². The van der Waals surface area contributed by atoms with Crippen LogP contribution in [0.3, 0.4) is 0 Å². The van der Waals surface area contributed by atoms with Crippen molar-refractivity contribution in [2.75, 3.05) is 0 Å². The van der Waals surface area contributed by atoms with Crippen LogP contribution in [0.25, 0.3) is 0 Å².